The van der Waals surface area contributed by atoms with Crippen molar-refractivity contribution < 1.29 is 19.1 Å². The third-order valence-corrected chi connectivity index (χ3v) is 6.41. The molecule has 1 aromatic heterocycles. The molecule has 1 atom stereocenters. The summed E-state index contributed by atoms with van der Waals surface area (Å²) in [6.07, 6.45) is 4.43. The van der Waals surface area contributed by atoms with E-state index in [0.29, 0.717) is 44.6 Å². The Morgan fingerprint density at radius 1 is 1.15 bits per heavy atom. The first kappa shape index (κ1) is 22.6. The van der Waals surface area contributed by atoms with Gasteiger partial charge in [-0.1, -0.05) is 18.2 Å². The van der Waals surface area contributed by atoms with E-state index in [2.05, 4.69) is 10.3 Å². The van der Waals surface area contributed by atoms with E-state index in [1.165, 1.54) is 0 Å². The Morgan fingerprint density at radius 3 is 2.58 bits per heavy atom. The van der Waals surface area contributed by atoms with Crippen LogP contribution in [0.15, 0.2) is 42.7 Å². The standard InChI is InChI=1S/C24H29N5O4/c1-16-7-10-26-13-19(16)22(31)28-11-8-24(9-12-28)15-29(21(30)17(2)27-23(25)32)14-18-5-3-4-6-20(18)33-24/h3-7,10,13,17H,8-9,11-12,14-15H2,1-2H3,(H3,25,27,32)/t17-/m0/s1. The second-order valence-corrected chi connectivity index (χ2v) is 8.80. The molecule has 1 aromatic carbocycles. The highest BCUT2D eigenvalue weighted by Gasteiger charge is 2.43. The maximum Gasteiger partial charge on any atom is 0.312 e. The molecule has 3 heterocycles. The number of hydrogen-bond acceptors (Lipinski definition) is 5. The van der Waals surface area contributed by atoms with E-state index < -0.39 is 17.7 Å². The van der Waals surface area contributed by atoms with Crippen LogP contribution >= 0.6 is 0 Å². The lowest BCUT2D eigenvalue weighted by molar-refractivity contribution is -0.136. The lowest BCUT2D eigenvalue weighted by atomic mass is 9.89. The second kappa shape index (κ2) is 9.09. The Hall–Kier alpha value is -3.62. The number of amides is 4. The largest absolute Gasteiger partial charge is 0.485 e. The number of urea groups is 1. The number of nitrogens with one attached hydrogen (secondary N) is 1. The predicted octanol–water partition coefficient (Wildman–Crippen LogP) is 1.84. The minimum absolute atomic E-state index is 0.0447. The van der Waals surface area contributed by atoms with Gasteiger partial charge < -0.3 is 25.6 Å². The van der Waals surface area contributed by atoms with Crippen LogP contribution in [0.5, 0.6) is 5.75 Å². The lowest BCUT2D eigenvalue weighted by Gasteiger charge is -2.43. The maximum atomic E-state index is 13.1. The van der Waals surface area contributed by atoms with E-state index in [4.69, 9.17) is 10.5 Å². The van der Waals surface area contributed by atoms with Gasteiger partial charge >= 0.3 is 6.03 Å². The van der Waals surface area contributed by atoms with Gasteiger partial charge in [0.15, 0.2) is 0 Å². The van der Waals surface area contributed by atoms with Crippen LogP contribution in [-0.4, -0.2) is 63.9 Å². The molecule has 2 aliphatic rings. The molecule has 0 unspecified atom stereocenters. The molecule has 0 bridgehead atoms. The molecule has 174 valence electrons. The van der Waals surface area contributed by atoms with Gasteiger partial charge in [0.25, 0.3) is 5.91 Å². The highest BCUT2D eigenvalue weighted by Crippen LogP contribution is 2.36. The summed E-state index contributed by atoms with van der Waals surface area (Å²) < 4.78 is 6.53. The van der Waals surface area contributed by atoms with E-state index in [1.807, 2.05) is 42.2 Å². The highest BCUT2D eigenvalue weighted by molar-refractivity contribution is 5.95. The molecule has 33 heavy (non-hydrogen) atoms. The van der Waals surface area contributed by atoms with Gasteiger partial charge in [0.05, 0.1) is 12.1 Å². The van der Waals surface area contributed by atoms with Gasteiger partial charge in [-0.3, -0.25) is 14.6 Å². The minimum Gasteiger partial charge on any atom is -0.485 e. The number of aromatic nitrogens is 1. The number of piperidine rings is 1. The van der Waals surface area contributed by atoms with Crippen molar-refractivity contribution in [2.75, 3.05) is 19.6 Å². The topological polar surface area (TPSA) is 118 Å². The fourth-order valence-corrected chi connectivity index (χ4v) is 4.55. The summed E-state index contributed by atoms with van der Waals surface area (Å²) in [4.78, 5) is 45.1. The third kappa shape index (κ3) is 4.76. The van der Waals surface area contributed by atoms with Gasteiger partial charge in [-0.25, -0.2) is 4.79 Å². The zero-order chi connectivity index (χ0) is 23.6. The predicted molar refractivity (Wildman–Crippen MR) is 122 cm³/mol. The number of rotatable bonds is 3. The number of nitrogens with zero attached hydrogens (tertiary/aromatic N) is 3. The van der Waals surface area contributed by atoms with Gasteiger partial charge in [-0.15, -0.1) is 0 Å². The van der Waals surface area contributed by atoms with E-state index in [9.17, 15) is 14.4 Å². The van der Waals surface area contributed by atoms with Crippen molar-refractivity contribution in [2.45, 2.75) is 44.9 Å². The van der Waals surface area contributed by atoms with Crippen LogP contribution in [0.3, 0.4) is 0 Å². The zero-order valence-corrected chi connectivity index (χ0v) is 18.9. The van der Waals surface area contributed by atoms with Crippen molar-refractivity contribution in [3.8, 4) is 5.75 Å². The number of para-hydroxylation sites is 1. The Balaban J connectivity index is 1.55. The van der Waals surface area contributed by atoms with Crippen LogP contribution in [0, 0.1) is 6.92 Å². The first-order chi connectivity index (χ1) is 15.8. The number of primary amides is 1. The van der Waals surface area contributed by atoms with Crippen molar-refractivity contribution in [2.24, 2.45) is 5.73 Å². The Morgan fingerprint density at radius 2 is 1.88 bits per heavy atom. The molecule has 4 amide bonds. The lowest BCUT2D eigenvalue weighted by Crippen LogP contribution is -2.57. The van der Waals surface area contributed by atoms with Crippen molar-refractivity contribution in [3.05, 3.63) is 59.4 Å². The number of pyridine rings is 1. The first-order valence-electron chi connectivity index (χ1n) is 11.1. The quantitative estimate of drug-likeness (QED) is 0.738. The summed E-state index contributed by atoms with van der Waals surface area (Å²) in [7, 11) is 0. The molecule has 9 heteroatoms. The van der Waals surface area contributed by atoms with Crippen LogP contribution in [-0.2, 0) is 11.3 Å². The van der Waals surface area contributed by atoms with Crippen LogP contribution in [0.4, 0.5) is 4.79 Å². The molecular formula is C24H29N5O4. The van der Waals surface area contributed by atoms with Crippen molar-refractivity contribution in [3.63, 3.8) is 0 Å². The second-order valence-electron chi connectivity index (χ2n) is 8.80. The molecule has 2 aromatic rings. The molecule has 4 rings (SSSR count). The first-order valence-corrected chi connectivity index (χ1v) is 11.1. The number of hydrogen-bond donors (Lipinski definition) is 2. The van der Waals surface area contributed by atoms with E-state index in [0.717, 1.165) is 16.9 Å². The zero-order valence-electron chi connectivity index (χ0n) is 18.9. The number of ether oxygens (including phenoxy) is 1. The molecule has 1 fully saturated rings. The maximum absolute atomic E-state index is 13.1. The number of likely N-dealkylation sites (tertiary alicyclic amines) is 1. The number of carbonyl (C=O) groups excluding carboxylic acids is 3. The fourth-order valence-electron chi connectivity index (χ4n) is 4.55. The van der Waals surface area contributed by atoms with E-state index in [-0.39, 0.29) is 11.8 Å². The highest BCUT2D eigenvalue weighted by atomic mass is 16.5. The van der Waals surface area contributed by atoms with Crippen LogP contribution in [0.25, 0.3) is 0 Å². The Kier molecular flexibility index (Phi) is 6.22. The number of fused-ring (bicyclic) bond motifs is 1. The summed E-state index contributed by atoms with van der Waals surface area (Å²) in [5.41, 5.74) is 6.98. The minimum atomic E-state index is -0.750. The number of carbonyl (C=O) groups is 3. The molecular weight excluding hydrogens is 422 g/mol. The van der Waals surface area contributed by atoms with E-state index >= 15 is 0 Å². The normalized spacial score (nSPS) is 18.0. The van der Waals surface area contributed by atoms with Crippen LogP contribution in [0.1, 0.15) is 41.3 Å². The van der Waals surface area contributed by atoms with Gasteiger partial charge in [-0.05, 0) is 31.5 Å². The molecule has 2 aliphatic heterocycles. The van der Waals surface area contributed by atoms with Gasteiger partial charge in [0, 0.05) is 50.4 Å². The summed E-state index contributed by atoms with van der Waals surface area (Å²) in [6.45, 7) is 5.27. The van der Waals surface area contributed by atoms with Crippen molar-refractivity contribution >= 4 is 17.8 Å². The summed E-state index contributed by atoms with van der Waals surface area (Å²) in [5, 5.41) is 2.47. The molecule has 1 saturated heterocycles. The molecule has 3 N–H and O–H groups in total. The summed E-state index contributed by atoms with van der Waals surface area (Å²) in [5.74, 6) is 0.473. The van der Waals surface area contributed by atoms with Crippen molar-refractivity contribution in [1.82, 2.24) is 20.1 Å². The molecule has 0 radical (unpaired) electrons. The number of benzene rings is 1. The SMILES string of the molecule is Cc1ccncc1C(=O)N1CCC2(CC1)CN(C(=O)[C@H](C)NC(N)=O)Cc1ccccc1O2. The molecule has 9 nitrogen and oxygen atoms in total. The molecule has 1 spiro atoms. The fraction of sp³-hybridized carbons (Fsp3) is 0.417. The van der Waals surface area contributed by atoms with E-state index in [1.54, 1.807) is 24.2 Å². The third-order valence-electron chi connectivity index (χ3n) is 6.41. The van der Waals surface area contributed by atoms with Crippen molar-refractivity contribution in [1.29, 1.82) is 0 Å². The number of nitrogens with two attached hydrogens (primary N) is 1. The average Bonchev–Trinajstić information content (AvgIpc) is 2.95. The molecule has 0 aliphatic carbocycles. The van der Waals surface area contributed by atoms with Crippen LogP contribution < -0.4 is 15.8 Å². The Labute approximate surface area is 192 Å². The van der Waals surface area contributed by atoms with Gasteiger partial charge in [-0.2, -0.15) is 0 Å². The van der Waals surface area contributed by atoms with Gasteiger partial charge in [0.2, 0.25) is 5.91 Å². The summed E-state index contributed by atoms with van der Waals surface area (Å²) in [6, 6.07) is 8.00. The summed E-state index contributed by atoms with van der Waals surface area (Å²) >= 11 is 0. The Bertz CT molecular complexity index is 1060. The average molecular weight is 452 g/mol. The molecule has 0 saturated carbocycles. The van der Waals surface area contributed by atoms with Crippen LogP contribution in [0.2, 0.25) is 0 Å². The number of aryl methyl sites for hydroxylation is 1. The monoisotopic (exact) mass is 451 g/mol. The van der Waals surface area contributed by atoms with Gasteiger partial charge in [0.1, 0.15) is 17.4 Å². The smallest absolute Gasteiger partial charge is 0.312 e.